The molecule has 0 saturated carbocycles. The number of hydrogen-bond acceptors (Lipinski definition) is 3. The highest BCUT2D eigenvalue weighted by Crippen LogP contribution is 2.47. The number of benzene rings is 9. The maximum Gasteiger partial charge on any atom is 0.164 e. The van der Waals surface area contributed by atoms with Crippen molar-refractivity contribution in [3.63, 3.8) is 0 Å². The molecule has 254 valence electrons. The Morgan fingerprint density at radius 2 is 0.873 bits per heavy atom. The van der Waals surface area contributed by atoms with Crippen molar-refractivity contribution < 1.29 is 0 Å². The van der Waals surface area contributed by atoms with Gasteiger partial charge in [0.2, 0.25) is 0 Å². The minimum atomic E-state index is 0.641. The van der Waals surface area contributed by atoms with Gasteiger partial charge < -0.3 is 4.40 Å². The first-order valence-corrected chi connectivity index (χ1v) is 18.7. The summed E-state index contributed by atoms with van der Waals surface area (Å²) in [7, 11) is 0. The Labute approximate surface area is 316 Å². The standard InChI is InChI=1S/C51H30N4/c1-3-12-31(13-4-1)32-22-25-36(26-23-32)50-52-49(35-15-5-2-6-16-35)53-51(54-50)42-30-37-27-24-34-17-11-20-39-40-29-28-33-14-7-8-18-38(33)47(40)55-43-21-10-9-19-41(43)46(42)48(55)45(37)44(34)39/h1-30H. The van der Waals surface area contributed by atoms with E-state index in [1.807, 2.05) is 24.3 Å². The molecule has 4 heteroatoms. The molecule has 0 N–H and O–H groups in total. The molecule has 0 saturated heterocycles. The summed E-state index contributed by atoms with van der Waals surface area (Å²) in [6, 6.07) is 64.9. The quantitative estimate of drug-likeness (QED) is 0.172. The minimum absolute atomic E-state index is 0.641. The molecule has 0 aliphatic heterocycles. The van der Waals surface area contributed by atoms with Gasteiger partial charge >= 0.3 is 0 Å². The summed E-state index contributed by atoms with van der Waals surface area (Å²) >= 11 is 0. The summed E-state index contributed by atoms with van der Waals surface area (Å²) in [6.45, 7) is 0. The van der Waals surface area contributed by atoms with E-state index in [1.165, 1.54) is 59.7 Å². The van der Waals surface area contributed by atoms with Crippen molar-refractivity contribution in [3.05, 3.63) is 182 Å². The van der Waals surface area contributed by atoms with E-state index in [-0.39, 0.29) is 0 Å². The van der Waals surface area contributed by atoms with Crippen molar-refractivity contribution in [1.82, 2.24) is 19.4 Å². The van der Waals surface area contributed by atoms with Crippen molar-refractivity contribution in [2.45, 2.75) is 0 Å². The van der Waals surface area contributed by atoms with Crippen LogP contribution in [0.3, 0.4) is 0 Å². The first-order valence-electron chi connectivity index (χ1n) is 18.7. The molecule has 0 radical (unpaired) electrons. The molecular weight excluding hydrogens is 669 g/mol. The molecule has 3 aromatic heterocycles. The highest BCUT2D eigenvalue weighted by Gasteiger charge is 2.24. The number of fused-ring (bicyclic) bond motifs is 8. The van der Waals surface area contributed by atoms with Crippen LogP contribution in [0.4, 0.5) is 0 Å². The Bertz CT molecular complexity index is 3460. The number of aromatic nitrogens is 4. The molecule has 55 heavy (non-hydrogen) atoms. The van der Waals surface area contributed by atoms with Gasteiger partial charge in [0.25, 0.3) is 0 Å². The SMILES string of the molecule is c1ccc(-c2ccc(-c3nc(-c4ccccc4)nc(-c4cc5ccc6cccc7c8ccc9ccccc9c8n8c9ccccc9c4c8c5c67)n3)cc2)cc1. The molecule has 0 amide bonds. The largest absolute Gasteiger partial charge is 0.307 e. The molecule has 12 rings (SSSR count). The molecule has 0 aliphatic rings. The Hall–Kier alpha value is -7.43. The fraction of sp³-hybridized carbons (Fsp3) is 0. The summed E-state index contributed by atoms with van der Waals surface area (Å²) in [6.07, 6.45) is 0. The molecule has 4 nitrogen and oxygen atoms in total. The predicted molar refractivity (Wildman–Crippen MR) is 229 cm³/mol. The molecule has 0 aliphatic carbocycles. The van der Waals surface area contributed by atoms with Gasteiger partial charge in [-0.1, -0.05) is 170 Å². The lowest BCUT2D eigenvalue weighted by atomic mass is 9.93. The smallest absolute Gasteiger partial charge is 0.164 e. The van der Waals surface area contributed by atoms with Crippen LogP contribution in [0, 0.1) is 0 Å². The summed E-state index contributed by atoms with van der Waals surface area (Å²) in [5.41, 5.74) is 8.73. The first kappa shape index (κ1) is 30.1. The van der Waals surface area contributed by atoms with Crippen molar-refractivity contribution in [3.8, 4) is 45.3 Å². The number of para-hydroxylation sites is 1. The first-order chi connectivity index (χ1) is 27.3. The van der Waals surface area contributed by atoms with E-state index in [9.17, 15) is 0 Å². The molecule has 12 aromatic rings. The van der Waals surface area contributed by atoms with Crippen LogP contribution in [0.15, 0.2) is 182 Å². The third-order valence-corrected chi connectivity index (χ3v) is 11.3. The molecular formula is C51H30N4. The lowest BCUT2D eigenvalue weighted by Crippen LogP contribution is -2.00. The monoisotopic (exact) mass is 698 g/mol. The molecule has 0 atom stereocenters. The maximum atomic E-state index is 5.34. The lowest BCUT2D eigenvalue weighted by Gasteiger charge is -2.13. The zero-order chi connectivity index (χ0) is 36.0. The Kier molecular flexibility index (Phi) is 6.31. The zero-order valence-electron chi connectivity index (χ0n) is 29.6. The molecule has 0 bridgehead atoms. The Morgan fingerprint density at radius 3 is 1.67 bits per heavy atom. The fourth-order valence-electron chi connectivity index (χ4n) is 8.88. The second kappa shape index (κ2) is 11.5. The van der Waals surface area contributed by atoms with Crippen molar-refractivity contribution in [1.29, 1.82) is 0 Å². The fourth-order valence-corrected chi connectivity index (χ4v) is 8.88. The van der Waals surface area contributed by atoms with Crippen LogP contribution in [0.25, 0.3) is 116 Å². The molecule has 0 fully saturated rings. The average Bonchev–Trinajstić information content (AvgIpc) is 3.53. The minimum Gasteiger partial charge on any atom is -0.307 e. The van der Waals surface area contributed by atoms with Crippen LogP contribution in [0.5, 0.6) is 0 Å². The van der Waals surface area contributed by atoms with Crippen LogP contribution < -0.4 is 0 Å². The maximum absolute atomic E-state index is 5.34. The van der Waals surface area contributed by atoms with Crippen molar-refractivity contribution >= 4 is 70.4 Å². The zero-order valence-corrected chi connectivity index (χ0v) is 29.6. The van der Waals surface area contributed by atoms with Gasteiger partial charge in [-0.2, -0.15) is 0 Å². The second-order valence-electron chi connectivity index (χ2n) is 14.4. The van der Waals surface area contributed by atoms with E-state index in [0.29, 0.717) is 17.5 Å². The van der Waals surface area contributed by atoms with Gasteiger partial charge in [-0.15, -0.1) is 0 Å². The van der Waals surface area contributed by atoms with Gasteiger partial charge in [-0.25, -0.2) is 15.0 Å². The van der Waals surface area contributed by atoms with Crippen LogP contribution >= 0.6 is 0 Å². The van der Waals surface area contributed by atoms with Crippen LogP contribution in [0.2, 0.25) is 0 Å². The van der Waals surface area contributed by atoms with Crippen molar-refractivity contribution in [2.75, 3.05) is 0 Å². The lowest BCUT2D eigenvalue weighted by molar-refractivity contribution is 1.08. The number of nitrogens with zero attached hydrogens (tertiary/aromatic N) is 4. The van der Waals surface area contributed by atoms with Crippen LogP contribution in [-0.2, 0) is 0 Å². The van der Waals surface area contributed by atoms with Crippen molar-refractivity contribution in [2.24, 2.45) is 0 Å². The van der Waals surface area contributed by atoms with E-state index < -0.39 is 0 Å². The summed E-state index contributed by atoms with van der Waals surface area (Å²) < 4.78 is 2.52. The van der Waals surface area contributed by atoms with Crippen LogP contribution in [0.1, 0.15) is 0 Å². The highest BCUT2D eigenvalue weighted by molar-refractivity contribution is 6.35. The van der Waals surface area contributed by atoms with Gasteiger partial charge in [0.05, 0.1) is 16.6 Å². The second-order valence-corrected chi connectivity index (χ2v) is 14.4. The van der Waals surface area contributed by atoms with Gasteiger partial charge in [0, 0.05) is 43.6 Å². The van der Waals surface area contributed by atoms with Gasteiger partial charge in [0.1, 0.15) is 0 Å². The predicted octanol–water partition coefficient (Wildman–Crippen LogP) is 13.1. The average molecular weight is 699 g/mol. The van der Waals surface area contributed by atoms with E-state index in [1.54, 1.807) is 0 Å². The Morgan fingerprint density at radius 1 is 0.309 bits per heavy atom. The molecule has 9 aromatic carbocycles. The molecule has 0 unspecified atom stereocenters. The van der Waals surface area contributed by atoms with E-state index in [4.69, 9.17) is 15.0 Å². The normalized spacial score (nSPS) is 12.0. The van der Waals surface area contributed by atoms with Gasteiger partial charge in [-0.05, 0) is 50.2 Å². The highest BCUT2D eigenvalue weighted by atomic mass is 15.0. The number of rotatable bonds is 4. The van der Waals surface area contributed by atoms with Crippen LogP contribution in [-0.4, -0.2) is 19.4 Å². The molecule has 3 heterocycles. The topological polar surface area (TPSA) is 43.1 Å². The van der Waals surface area contributed by atoms with Gasteiger partial charge in [-0.3, -0.25) is 0 Å². The van der Waals surface area contributed by atoms with E-state index in [2.05, 4.69) is 162 Å². The summed E-state index contributed by atoms with van der Waals surface area (Å²) in [5, 5.41) is 12.1. The summed E-state index contributed by atoms with van der Waals surface area (Å²) in [5.74, 6) is 1.93. The third kappa shape index (κ3) is 4.43. The third-order valence-electron chi connectivity index (χ3n) is 11.3. The molecule has 0 spiro atoms. The number of hydrogen-bond donors (Lipinski definition) is 0. The Balaban J connectivity index is 1.24. The van der Waals surface area contributed by atoms with E-state index in [0.717, 1.165) is 38.5 Å². The summed E-state index contributed by atoms with van der Waals surface area (Å²) in [4.78, 5) is 15.8. The van der Waals surface area contributed by atoms with Gasteiger partial charge in [0.15, 0.2) is 17.5 Å². The van der Waals surface area contributed by atoms with E-state index >= 15 is 0 Å².